The third-order valence-corrected chi connectivity index (χ3v) is 2.79. The van der Waals surface area contributed by atoms with Gasteiger partial charge in [-0.15, -0.1) is 0 Å². The quantitative estimate of drug-likeness (QED) is 0.897. The Morgan fingerprint density at radius 2 is 2.21 bits per heavy atom. The minimum absolute atomic E-state index is 0.211. The van der Waals surface area contributed by atoms with Crippen LogP contribution in [0.3, 0.4) is 0 Å². The van der Waals surface area contributed by atoms with Crippen molar-refractivity contribution in [1.82, 2.24) is 15.5 Å². The van der Waals surface area contributed by atoms with Gasteiger partial charge in [0.15, 0.2) is 0 Å². The number of hydrogen-bond acceptors (Lipinski definition) is 4. The normalized spacial score (nSPS) is 10.0. The number of carbonyl (C=O) groups excluding carboxylic acids is 1. The van der Waals surface area contributed by atoms with E-state index in [0.717, 1.165) is 5.69 Å². The standard InChI is InChI=1S/C13H13ClN4O/c1-15-12-5-4-9(14)7-11(12)13(19)16-8-10-3-2-6-17-18-10/h2-7,15H,8H2,1H3,(H,16,19). The van der Waals surface area contributed by atoms with Crippen LogP contribution in [-0.4, -0.2) is 23.2 Å². The zero-order chi connectivity index (χ0) is 13.7. The fourth-order valence-corrected chi connectivity index (χ4v) is 1.79. The lowest BCUT2D eigenvalue weighted by molar-refractivity contribution is 0.0951. The van der Waals surface area contributed by atoms with Crippen molar-refractivity contribution in [3.05, 3.63) is 52.8 Å². The fourth-order valence-electron chi connectivity index (χ4n) is 1.62. The summed E-state index contributed by atoms with van der Waals surface area (Å²) >= 11 is 5.90. The van der Waals surface area contributed by atoms with Crippen LogP contribution in [0.25, 0.3) is 0 Å². The van der Waals surface area contributed by atoms with Gasteiger partial charge >= 0.3 is 0 Å². The molecule has 1 heterocycles. The van der Waals surface area contributed by atoms with Gasteiger partial charge < -0.3 is 10.6 Å². The number of nitrogens with one attached hydrogen (secondary N) is 2. The molecule has 0 atom stereocenters. The Morgan fingerprint density at radius 3 is 2.89 bits per heavy atom. The van der Waals surface area contributed by atoms with E-state index in [1.807, 2.05) is 0 Å². The van der Waals surface area contributed by atoms with Crippen molar-refractivity contribution in [1.29, 1.82) is 0 Å². The molecule has 1 amide bonds. The van der Waals surface area contributed by atoms with Crippen molar-refractivity contribution < 1.29 is 4.79 Å². The van der Waals surface area contributed by atoms with Crippen LogP contribution in [0.1, 0.15) is 16.1 Å². The lowest BCUT2D eigenvalue weighted by atomic mass is 10.1. The molecule has 5 nitrogen and oxygen atoms in total. The molecule has 1 aromatic heterocycles. The zero-order valence-electron chi connectivity index (χ0n) is 10.4. The second kappa shape index (κ2) is 6.15. The molecule has 0 radical (unpaired) electrons. The Labute approximate surface area is 116 Å². The van der Waals surface area contributed by atoms with Crippen LogP contribution in [0, 0.1) is 0 Å². The van der Waals surface area contributed by atoms with Crippen LogP contribution in [0.2, 0.25) is 5.02 Å². The first kappa shape index (κ1) is 13.3. The van der Waals surface area contributed by atoms with Crippen LogP contribution in [-0.2, 0) is 6.54 Å². The van der Waals surface area contributed by atoms with E-state index in [0.29, 0.717) is 22.8 Å². The van der Waals surface area contributed by atoms with Gasteiger partial charge in [-0.05, 0) is 30.3 Å². The lowest BCUT2D eigenvalue weighted by Crippen LogP contribution is -2.24. The van der Waals surface area contributed by atoms with Crippen molar-refractivity contribution >= 4 is 23.2 Å². The summed E-state index contributed by atoms with van der Waals surface area (Å²) < 4.78 is 0. The van der Waals surface area contributed by atoms with Crippen molar-refractivity contribution in [2.75, 3.05) is 12.4 Å². The number of aromatic nitrogens is 2. The fraction of sp³-hybridized carbons (Fsp3) is 0.154. The molecule has 98 valence electrons. The summed E-state index contributed by atoms with van der Waals surface area (Å²) in [4.78, 5) is 12.1. The molecule has 2 aromatic rings. The summed E-state index contributed by atoms with van der Waals surface area (Å²) in [7, 11) is 1.75. The maximum absolute atomic E-state index is 12.1. The molecular weight excluding hydrogens is 264 g/mol. The van der Waals surface area contributed by atoms with Crippen molar-refractivity contribution in [2.45, 2.75) is 6.54 Å². The molecule has 0 aliphatic heterocycles. The topological polar surface area (TPSA) is 66.9 Å². The predicted octanol–water partition coefficient (Wildman–Crippen LogP) is 2.10. The monoisotopic (exact) mass is 276 g/mol. The van der Waals surface area contributed by atoms with Crippen LogP contribution in [0.15, 0.2) is 36.5 Å². The highest BCUT2D eigenvalue weighted by atomic mass is 35.5. The van der Waals surface area contributed by atoms with Crippen LogP contribution >= 0.6 is 11.6 Å². The van der Waals surface area contributed by atoms with Gasteiger partial charge in [-0.1, -0.05) is 11.6 Å². The van der Waals surface area contributed by atoms with Crippen molar-refractivity contribution in [3.8, 4) is 0 Å². The van der Waals surface area contributed by atoms with E-state index in [2.05, 4.69) is 20.8 Å². The molecule has 0 saturated heterocycles. The first-order valence-corrected chi connectivity index (χ1v) is 6.10. The average molecular weight is 277 g/mol. The number of halogens is 1. The average Bonchev–Trinajstić information content (AvgIpc) is 2.46. The lowest BCUT2D eigenvalue weighted by Gasteiger charge is -2.09. The molecule has 6 heteroatoms. The Balaban J connectivity index is 2.10. The Kier molecular flexibility index (Phi) is 4.30. The molecule has 19 heavy (non-hydrogen) atoms. The largest absolute Gasteiger partial charge is 0.387 e. The van der Waals surface area contributed by atoms with Gasteiger partial charge in [0, 0.05) is 24.0 Å². The molecule has 0 spiro atoms. The number of benzene rings is 1. The van der Waals surface area contributed by atoms with E-state index < -0.39 is 0 Å². The van der Waals surface area contributed by atoms with E-state index in [1.54, 1.807) is 43.6 Å². The van der Waals surface area contributed by atoms with Crippen molar-refractivity contribution in [3.63, 3.8) is 0 Å². The number of carbonyl (C=O) groups is 1. The maximum atomic E-state index is 12.1. The molecular formula is C13H13ClN4O. The van der Waals surface area contributed by atoms with Gasteiger partial charge in [-0.25, -0.2) is 0 Å². The summed E-state index contributed by atoms with van der Waals surface area (Å²) in [6.07, 6.45) is 1.58. The summed E-state index contributed by atoms with van der Waals surface area (Å²) in [6, 6.07) is 8.68. The molecule has 0 saturated carbocycles. The summed E-state index contributed by atoms with van der Waals surface area (Å²) in [5, 5.41) is 13.9. The minimum Gasteiger partial charge on any atom is -0.387 e. The van der Waals surface area contributed by atoms with Gasteiger partial charge in [-0.3, -0.25) is 4.79 Å². The van der Waals surface area contributed by atoms with Gasteiger partial charge in [0.2, 0.25) is 0 Å². The number of amides is 1. The zero-order valence-corrected chi connectivity index (χ0v) is 11.1. The van der Waals surface area contributed by atoms with Crippen LogP contribution in [0.5, 0.6) is 0 Å². The Morgan fingerprint density at radius 1 is 1.37 bits per heavy atom. The van der Waals surface area contributed by atoms with Gasteiger partial charge in [0.05, 0.1) is 17.8 Å². The Hall–Kier alpha value is -2.14. The maximum Gasteiger partial charge on any atom is 0.253 e. The minimum atomic E-state index is -0.211. The summed E-state index contributed by atoms with van der Waals surface area (Å²) in [5.74, 6) is -0.211. The smallest absolute Gasteiger partial charge is 0.253 e. The first-order valence-electron chi connectivity index (χ1n) is 5.73. The second-order valence-corrected chi connectivity index (χ2v) is 4.27. The van der Waals surface area contributed by atoms with E-state index in [9.17, 15) is 4.79 Å². The van der Waals surface area contributed by atoms with Crippen molar-refractivity contribution in [2.24, 2.45) is 0 Å². The predicted molar refractivity (Wildman–Crippen MR) is 74.2 cm³/mol. The highest BCUT2D eigenvalue weighted by molar-refractivity contribution is 6.31. The van der Waals surface area contributed by atoms with E-state index in [1.165, 1.54) is 0 Å². The number of anilines is 1. The number of hydrogen-bond donors (Lipinski definition) is 2. The molecule has 0 aliphatic rings. The van der Waals surface area contributed by atoms with Gasteiger partial charge in [0.1, 0.15) is 0 Å². The summed E-state index contributed by atoms with van der Waals surface area (Å²) in [6.45, 7) is 0.322. The molecule has 0 aliphatic carbocycles. The highest BCUT2D eigenvalue weighted by Gasteiger charge is 2.11. The van der Waals surface area contributed by atoms with E-state index in [-0.39, 0.29) is 5.91 Å². The van der Waals surface area contributed by atoms with Gasteiger partial charge in [-0.2, -0.15) is 10.2 Å². The third kappa shape index (κ3) is 3.42. The highest BCUT2D eigenvalue weighted by Crippen LogP contribution is 2.20. The molecule has 2 rings (SSSR count). The molecule has 0 fully saturated rings. The number of nitrogens with zero attached hydrogens (tertiary/aromatic N) is 2. The first-order chi connectivity index (χ1) is 9.20. The SMILES string of the molecule is CNc1ccc(Cl)cc1C(=O)NCc1cccnn1. The second-order valence-electron chi connectivity index (χ2n) is 3.84. The molecule has 0 bridgehead atoms. The molecule has 2 N–H and O–H groups in total. The van der Waals surface area contributed by atoms with Gasteiger partial charge in [0.25, 0.3) is 5.91 Å². The van der Waals surface area contributed by atoms with E-state index in [4.69, 9.17) is 11.6 Å². The van der Waals surface area contributed by atoms with Crippen LogP contribution < -0.4 is 10.6 Å². The van der Waals surface area contributed by atoms with E-state index >= 15 is 0 Å². The summed E-state index contributed by atoms with van der Waals surface area (Å²) in [5.41, 5.74) is 1.92. The number of rotatable bonds is 4. The molecule has 1 aromatic carbocycles. The third-order valence-electron chi connectivity index (χ3n) is 2.55. The Bertz CT molecular complexity index is 574. The van der Waals surface area contributed by atoms with Crippen LogP contribution in [0.4, 0.5) is 5.69 Å². The molecule has 0 unspecified atom stereocenters.